The van der Waals surface area contributed by atoms with Crippen LogP contribution in [0.25, 0.3) is 5.69 Å². The zero-order chi connectivity index (χ0) is 21.5. The number of aromatic nitrogens is 2. The molecule has 3 aromatic rings. The van der Waals surface area contributed by atoms with Gasteiger partial charge in [-0.25, -0.2) is 9.67 Å². The fourth-order valence-electron chi connectivity index (χ4n) is 3.21. The maximum atomic E-state index is 11.2. The van der Waals surface area contributed by atoms with Crippen LogP contribution in [0.4, 0.5) is 0 Å². The molecule has 0 spiro atoms. The summed E-state index contributed by atoms with van der Waals surface area (Å²) in [4.78, 5) is 15.9. The van der Waals surface area contributed by atoms with Gasteiger partial charge in [-0.3, -0.25) is 4.79 Å². The number of nitrogens with two attached hydrogens (primary N) is 1. The lowest BCUT2D eigenvalue weighted by Gasteiger charge is -2.15. The molecule has 1 heterocycles. The number of guanidine groups is 1. The highest BCUT2D eigenvalue weighted by Crippen LogP contribution is 2.17. The summed E-state index contributed by atoms with van der Waals surface area (Å²) >= 11 is 0. The predicted octanol–water partition coefficient (Wildman–Crippen LogP) is 2.84. The molecule has 30 heavy (non-hydrogen) atoms. The molecule has 0 radical (unpaired) electrons. The van der Waals surface area contributed by atoms with Gasteiger partial charge in [-0.1, -0.05) is 30.3 Å². The number of nitrogens with zero attached hydrogens (tertiary/aromatic N) is 3. The van der Waals surface area contributed by atoms with Crippen LogP contribution in [0.2, 0.25) is 0 Å². The lowest BCUT2D eigenvalue weighted by Crippen LogP contribution is -2.37. The Balaban J connectivity index is 1.73. The number of aryl methyl sites for hydroxylation is 2. The minimum atomic E-state index is -0.429. The van der Waals surface area contributed by atoms with E-state index in [9.17, 15) is 4.79 Å². The highest BCUT2D eigenvalue weighted by molar-refractivity contribution is 5.92. The van der Waals surface area contributed by atoms with Gasteiger partial charge < -0.3 is 16.4 Å². The normalized spacial score (nSPS) is 11.4. The van der Waals surface area contributed by atoms with E-state index in [4.69, 9.17) is 5.73 Å². The number of rotatable bonds is 7. The van der Waals surface area contributed by atoms with Gasteiger partial charge in [0.25, 0.3) is 0 Å². The number of aliphatic imine (C=N–C) groups is 1. The monoisotopic (exact) mass is 404 g/mol. The Kier molecular flexibility index (Phi) is 6.85. The molecule has 0 aliphatic heterocycles. The van der Waals surface area contributed by atoms with Crippen LogP contribution in [0.15, 0.2) is 59.6 Å². The van der Waals surface area contributed by atoms with Gasteiger partial charge in [0.15, 0.2) is 5.96 Å². The third-order valence-electron chi connectivity index (χ3n) is 4.68. The number of carbonyl (C=O) groups excluding carboxylic acids is 1. The molecule has 0 fully saturated rings. The second kappa shape index (κ2) is 9.73. The molecule has 0 bridgehead atoms. The fourth-order valence-corrected chi connectivity index (χ4v) is 3.21. The van der Waals surface area contributed by atoms with Gasteiger partial charge in [0.05, 0.1) is 17.9 Å². The summed E-state index contributed by atoms with van der Waals surface area (Å²) in [7, 11) is 0. The van der Waals surface area contributed by atoms with Crippen molar-refractivity contribution >= 4 is 11.9 Å². The summed E-state index contributed by atoms with van der Waals surface area (Å²) < 4.78 is 1.97. The zero-order valence-corrected chi connectivity index (χ0v) is 17.6. The number of hydrogen-bond acceptors (Lipinski definition) is 3. The van der Waals surface area contributed by atoms with Crippen LogP contribution in [0, 0.1) is 13.8 Å². The molecule has 0 saturated carbocycles. The van der Waals surface area contributed by atoms with Crippen LogP contribution >= 0.6 is 0 Å². The van der Waals surface area contributed by atoms with Crippen molar-refractivity contribution in [1.82, 2.24) is 20.4 Å². The first-order valence-electron chi connectivity index (χ1n) is 10.0. The van der Waals surface area contributed by atoms with Crippen LogP contribution in [0.1, 0.15) is 39.8 Å². The van der Waals surface area contributed by atoms with E-state index >= 15 is 0 Å². The van der Waals surface area contributed by atoms with Gasteiger partial charge in [0, 0.05) is 24.3 Å². The second-order valence-corrected chi connectivity index (χ2v) is 7.08. The number of amides is 1. The smallest absolute Gasteiger partial charge is 0.248 e. The summed E-state index contributed by atoms with van der Waals surface area (Å²) in [6.45, 7) is 7.94. The minimum Gasteiger partial charge on any atom is -0.366 e. The highest BCUT2D eigenvalue weighted by atomic mass is 16.1. The van der Waals surface area contributed by atoms with E-state index in [1.807, 2.05) is 42.8 Å². The Morgan fingerprint density at radius 2 is 1.83 bits per heavy atom. The molecule has 1 amide bonds. The summed E-state index contributed by atoms with van der Waals surface area (Å²) in [5, 5.41) is 11.3. The molecular weight excluding hydrogens is 376 g/mol. The van der Waals surface area contributed by atoms with E-state index in [1.165, 1.54) is 0 Å². The van der Waals surface area contributed by atoms with Crippen LogP contribution in [-0.4, -0.2) is 28.2 Å². The van der Waals surface area contributed by atoms with Crippen molar-refractivity contribution in [3.05, 3.63) is 82.7 Å². The molecular formula is C23H28N6O. The summed E-state index contributed by atoms with van der Waals surface area (Å²) in [5.41, 5.74) is 11.1. The largest absolute Gasteiger partial charge is 0.366 e. The van der Waals surface area contributed by atoms with Crippen molar-refractivity contribution in [1.29, 1.82) is 0 Å². The molecule has 7 heteroatoms. The first-order valence-corrected chi connectivity index (χ1v) is 10.0. The van der Waals surface area contributed by atoms with Gasteiger partial charge in [-0.15, -0.1) is 0 Å². The van der Waals surface area contributed by atoms with Gasteiger partial charge in [0.1, 0.15) is 0 Å². The Morgan fingerprint density at radius 3 is 2.47 bits per heavy atom. The molecule has 0 atom stereocenters. The quantitative estimate of drug-likeness (QED) is 0.417. The fraction of sp³-hybridized carbons (Fsp3) is 0.261. The van der Waals surface area contributed by atoms with Crippen LogP contribution in [0.5, 0.6) is 0 Å². The molecule has 4 N–H and O–H groups in total. The number of benzene rings is 2. The van der Waals surface area contributed by atoms with Crippen molar-refractivity contribution in [2.45, 2.75) is 33.9 Å². The zero-order valence-electron chi connectivity index (χ0n) is 17.6. The van der Waals surface area contributed by atoms with Gasteiger partial charge >= 0.3 is 0 Å². The van der Waals surface area contributed by atoms with Crippen molar-refractivity contribution in [3.63, 3.8) is 0 Å². The van der Waals surface area contributed by atoms with Gasteiger partial charge in [-0.2, -0.15) is 5.10 Å². The summed E-state index contributed by atoms with van der Waals surface area (Å²) in [5.74, 6) is 0.293. The molecule has 0 unspecified atom stereocenters. The molecule has 156 valence electrons. The average Bonchev–Trinajstić information content (AvgIpc) is 3.08. The van der Waals surface area contributed by atoms with E-state index in [-0.39, 0.29) is 0 Å². The highest BCUT2D eigenvalue weighted by Gasteiger charge is 2.09. The van der Waals surface area contributed by atoms with Gasteiger partial charge in [0.2, 0.25) is 5.91 Å². The number of nitrogens with one attached hydrogen (secondary N) is 2. The first-order chi connectivity index (χ1) is 14.5. The number of carbonyl (C=O) groups is 1. The van der Waals surface area contributed by atoms with Crippen molar-refractivity contribution in [2.24, 2.45) is 10.7 Å². The summed E-state index contributed by atoms with van der Waals surface area (Å²) in [6, 6.07) is 17.4. The molecule has 0 aliphatic rings. The van der Waals surface area contributed by atoms with E-state index < -0.39 is 5.91 Å². The van der Waals surface area contributed by atoms with Crippen LogP contribution < -0.4 is 16.4 Å². The van der Waals surface area contributed by atoms with Crippen LogP contribution in [0.3, 0.4) is 0 Å². The van der Waals surface area contributed by atoms with Gasteiger partial charge in [-0.05, 0) is 56.2 Å². The average molecular weight is 405 g/mol. The molecule has 0 aliphatic carbocycles. The minimum absolute atomic E-state index is 0.429. The third kappa shape index (κ3) is 5.26. The number of primary amides is 1. The molecule has 2 aromatic carbocycles. The Bertz CT molecular complexity index is 1040. The van der Waals surface area contributed by atoms with Crippen LogP contribution in [-0.2, 0) is 13.1 Å². The predicted molar refractivity (Wildman–Crippen MR) is 120 cm³/mol. The lowest BCUT2D eigenvalue weighted by atomic mass is 10.1. The lowest BCUT2D eigenvalue weighted by molar-refractivity contribution is 0.100. The number of hydrogen-bond donors (Lipinski definition) is 3. The third-order valence-corrected chi connectivity index (χ3v) is 4.68. The topological polar surface area (TPSA) is 97.3 Å². The standard InChI is InChI=1S/C23H28N6O/c1-4-25-23(26-14-18-9-11-19(12-10-18)22(24)30)27-15-20-7-5-6-8-21(20)29-17(3)13-16(2)28-29/h5-13H,4,14-15H2,1-3H3,(H2,24,30)(H2,25,26,27). The Hall–Kier alpha value is -3.61. The maximum absolute atomic E-state index is 11.2. The van der Waals surface area contributed by atoms with Crippen molar-refractivity contribution in [2.75, 3.05) is 6.54 Å². The Morgan fingerprint density at radius 1 is 1.10 bits per heavy atom. The van der Waals surface area contributed by atoms with Crippen molar-refractivity contribution in [3.8, 4) is 5.69 Å². The molecule has 0 saturated heterocycles. The summed E-state index contributed by atoms with van der Waals surface area (Å²) in [6.07, 6.45) is 0. The molecule has 3 rings (SSSR count). The van der Waals surface area contributed by atoms with E-state index in [0.717, 1.165) is 40.7 Å². The second-order valence-electron chi connectivity index (χ2n) is 7.08. The van der Waals surface area contributed by atoms with E-state index in [0.29, 0.717) is 18.7 Å². The van der Waals surface area contributed by atoms with E-state index in [2.05, 4.69) is 45.8 Å². The maximum Gasteiger partial charge on any atom is 0.248 e. The molecule has 1 aromatic heterocycles. The first kappa shape index (κ1) is 21.1. The van der Waals surface area contributed by atoms with Crippen molar-refractivity contribution < 1.29 is 4.79 Å². The van der Waals surface area contributed by atoms with E-state index in [1.54, 1.807) is 12.1 Å². The Labute approximate surface area is 177 Å². The SMILES string of the molecule is CCNC(=NCc1ccc(C(N)=O)cc1)NCc1ccccc1-n1nc(C)cc1C. The number of para-hydroxylation sites is 1. The molecule has 7 nitrogen and oxygen atoms in total.